The third kappa shape index (κ3) is 3.49. The van der Waals surface area contributed by atoms with Crippen molar-refractivity contribution >= 4 is 12.0 Å². The molecule has 3 atom stereocenters. The highest BCUT2D eigenvalue weighted by molar-refractivity contribution is 5.74. The maximum absolute atomic E-state index is 11.8. The zero-order chi connectivity index (χ0) is 14.5. The molecule has 2 rings (SSSR count). The Morgan fingerprint density at radius 1 is 1.55 bits per heavy atom. The van der Waals surface area contributed by atoms with Crippen LogP contribution in [0.4, 0.5) is 4.79 Å². The highest BCUT2D eigenvalue weighted by Crippen LogP contribution is 2.31. The van der Waals surface area contributed by atoms with Gasteiger partial charge in [0.05, 0.1) is 12.0 Å². The minimum Gasteiger partial charge on any atom is -0.481 e. The molecule has 3 unspecified atom stereocenters. The Bertz CT molecular complexity index is 460. The Hall–Kier alpha value is -2.05. The SMILES string of the molecule is CC(NC(=O)NCC1CCCC1C(=O)O)c1ncc[nH]1. The van der Waals surface area contributed by atoms with Crippen LogP contribution < -0.4 is 10.6 Å². The van der Waals surface area contributed by atoms with Crippen LogP contribution in [0.15, 0.2) is 12.4 Å². The van der Waals surface area contributed by atoms with E-state index in [1.165, 1.54) is 0 Å². The van der Waals surface area contributed by atoms with Gasteiger partial charge < -0.3 is 20.7 Å². The summed E-state index contributed by atoms with van der Waals surface area (Å²) in [6.07, 6.45) is 5.79. The van der Waals surface area contributed by atoms with Gasteiger partial charge >= 0.3 is 12.0 Å². The van der Waals surface area contributed by atoms with Crippen molar-refractivity contribution in [3.63, 3.8) is 0 Å². The molecule has 2 amide bonds. The molecule has 0 aliphatic heterocycles. The molecule has 7 nitrogen and oxygen atoms in total. The fourth-order valence-electron chi connectivity index (χ4n) is 2.66. The number of rotatable bonds is 5. The average Bonchev–Trinajstić information content (AvgIpc) is 3.07. The third-order valence-corrected chi connectivity index (χ3v) is 3.78. The average molecular weight is 280 g/mol. The van der Waals surface area contributed by atoms with Gasteiger partial charge in [0.2, 0.25) is 0 Å². The molecule has 0 aromatic carbocycles. The van der Waals surface area contributed by atoms with Gasteiger partial charge in [-0.15, -0.1) is 0 Å². The molecule has 20 heavy (non-hydrogen) atoms. The lowest BCUT2D eigenvalue weighted by Crippen LogP contribution is -2.40. The van der Waals surface area contributed by atoms with Crippen molar-refractivity contribution in [3.05, 3.63) is 18.2 Å². The molecule has 0 radical (unpaired) electrons. The predicted octanol–water partition coefficient (Wildman–Crippen LogP) is 1.27. The van der Waals surface area contributed by atoms with Gasteiger partial charge in [0.25, 0.3) is 0 Å². The topological polar surface area (TPSA) is 107 Å². The van der Waals surface area contributed by atoms with Gasteiger partial charge in [-0.25, -0.2) is 9.78 Å². The second-order valence-corrected chi connectivity index (χ2v) is 5.19. The number of H-pyrrole nitrogens is 1. The number of carbonyl (C=O) groups excluding carboxylic acids is 1. The molecule has 1 aliphatic rings. The summed E-state index contributed by atoms with van der Waals surface area (Å²) < 4.78 is 0. The number of aromatic amines is 1. The number of carboxylic acid groups (broad SMARTS) is 1. The van der Waals surface area contributed by atoms with E-state index in [9.17, 15) is 9.59 Å². The van der Waals surface area contributed by atoms with Crippen LogP contribution in [0.5, 0.6) is 0 Å². The zero-order valence-corrected chi connectivity index (χ0v) is 11.4. The van der Waals surface area contributed by atoms with Crippen molar-refractivity contribution in [3.8, 4) is 0 Å². The van der Waals surface area contributed by atoms with Crippen LogP contribution in [-0.4, -0.2) is 33.6 Å². The van der Waals surface area contributed by atoms with Gasteiger partial charge in [-0.2, -0.15) is 0 Å². The van der Waals surface area contributed by atoms with Crippen LogP contribution in [0.3, 0.4) is 0 Å². The van der Waals surface area contributed by atoms with E-state index in [0.717, 1.165) is 12.8 Å². The van der Waals surface area contributed by atoms with Crippen molar-refractivity contribution in [2.24, 2.45) is 11.8 Å². The summed E-state index contributed by atoms with van der Waals surface area (Å²) in [6, 6.07) is -0.520. The predicted molar refractivity (Wildman–Crippen MR) is 72.0 cm³/mol. The van der Waals surface area contributed by atoms with Gasteiger partial charge in [0.15, 0.2) is 0 Å². The summed E-state index contributed by atoms with van der Waals surface area (Å²) in [5, 5.41) is 14.6. The van der Waals surface area contributed by atoms with E-state index in [1.807, 2.05) is 6.92 Å². The lowest BCUT2D eigenvalue weighted by Gasteiger charge is -2.18. The van der Waals surface area contributed by atoms with Gasteiger partial charge in [0.1, 0.15) is 5.82 Å². The van der Waals surface area contributed by atoms with Crippen LogP contribution >= 0.6 is 0 Å². The number of imidazole rings is 1. The second-order valence-electron chi connectivity index (χ2n) is 5.19. The lowest BCUT2D eigenvalue weighted by molar-refractivity contribution is -0.142. The number of aromatic nitrogens is 2. The van der Waals surface area contributed by atoms with E-state index >= 15 is 0 Å². The highest BCUT2D eigenvalue weighted by atomic mass is 16.4. The first-order valence-electron chi connectivity index (χ1n) is 6.84. The van der Waals surface area contributed by atoms with E-state index in [2.05, 4.69) is 20.6 Å². The number of amides is 2. The number of hydrogen-bond acceptors (Lipinski definition) is 3. The molecule has 7 heteroatoms. The number of carboxylic acids is 1. The Kier molecular flexibility index (Phi) is 4.60. The number of nitrogens with one attached hydrogen (secondary N) is 3. The molecule has 1 aliphatic carbocycles. The molecular weight excluding hydrogens is 260 g/mol. The second kappa shape index (κ2) is 6.40. The first-order chi connectivity index (χ1) is 9.58. The molecule has 110 valence electrons. The number of hydrogen-bond donors (Lipinski definition) is 4. The van der Waals surface area contributed by atoms with Crippen LogP contribution in [0.1, 0.15) is 38.1 Å². The number of carbonyl (C=O) groups is 2. The summed E-state index contributed by atoms with van der Waals surface area (Å²) >= 11 is 0. The Balaban J connectivity index is 1.76. The minimum atomic E-state index is -0.765. The first kappa shape index (κ1) is 14.4. The molecule has 1 aromatic heterocycles. The van der Waals surface area contributed by atoms with Crippen molar-refractivity contribution in [1.29, 1.82) is 0 Å². The molecule has 0 bridgehead atoms. The number of aliphatic carboxylic acids is 1. The normalized spacial score (nSPS) is 23.2. The standard InChI is InChI=1S/C13H20N4O3/c1-8(11-14-5-6-15-11)17-13(20)16-7-9-3-2-4-10(9)12(18)19/h5-6,8-10H,2-4,7H2,1H3,(H,14,15)(H,18,19)(H2,16,17,20). The van der Waals surface area contributed by atoms with E-state index in [1.54, 1.807) is 12.4 Å². The molecule has 1 fully saturated rings. The van der Waals surface area contributed by atoms with E-state index in [4.69, 9.17) is 5.11 Å². The fourth-order valence-corrected chi connectivity index (χ4v) is 2.66. The number of urea groups is 1. The van der Waals surface area contributed by atoms with Crippen molar-refractivity contribution in [2.45, 2.75) is 32.2 Å². The summed E-state index contributed by atoms with van der Waals surface area (Å²) in [6.45, 7) is 2.22. The van der Waals surface area contributed by atoms with Crippen LogP contribution in [-0.2, 0) is 4.79 Å². The van der Waals surface area contributed by atoms with Crippen LogP contribution in [0, 0.1) is 11.8 Å². The van der Waals surface area contributed by atoms with Gasteiger partial charge in [-0.1, -0.05) is 6.42 Å². The Labute approximate surface area is 117 Å². The van der Waals surface area contributed by atoms with Gasteiger partial charge in [-0.05, 0) is 25.7 Å². The molecule has 1 heterocycles. The monoisotopic (exact) mass is 280 g/mol. The fraction of sp³-hybridized carbons (Fsp3) is 0.615. The van der Waals surface area contributed by atoms with E-state index in [0.29, 0.717) is 18.8 Å². The smallest absolute Gasteiger partial charge is 0.315 e. The maximum Gasteiger partial charge on any atom is 0.315 e. The largest absolute Gasteiger partial charge is 0.481 e. The number of nitrogens with zero attached hydrogens (tertiary/aromatic N) is 1. The highest BCUT2D eigenvalue weighted by Gasteiger charge is 2.32. The summed E-state index contributed by atoms with van der Waals surface area (Å²) in [5.74, 6) is -0.391. The van der Waals surface area contributed by atoms with Gasteiger partial charge in [-0.3, -0.25) is 4.79 Å². The Morgan fingerprint density at radius 2 is 2.35 bits per heavy atom. The zero-order valence-electron chi connectivity index (χ0n) is 11.4. The van der Waals surface area contributed by atoms with Crippen LogP contribution in [0.25, 0.3) is 0 Å². The minimum absolute atomic E-state index is 0.0252. The van der Waals surface area contributed by atoms with Crippen molar-refractivity contribution < 1.29 is 14.7 Å². The molecular formula is C13H20N4O3. The van der Waals surface area contributed by atoms with Gasteiger partial charge in [0, 0.05) is 18.9 Å². The summed E-state index contributed by atoms with van der Waals surface area (Å²) in [4.78, 5) is 29.8. The molecule has 0 saturated heterocycles. The third-order valence-electron chi connectivity index (χ3n) is 3.78. The lowest BCUT2D eigenvalue weighted by atomic mass is 9.96. The maximum atomic E-state index is 11.8. The molecule has 4 N–H and O–H groups in total. The molecule has 0 spiro atoms. The Morgan fingerprint density at radius 3 is 3.00 bits per heavy atom. The van der Waals surface area contributed by atoms with Crippen molar-refractivity contribution in [1.82, 2.24) is 20.6 Å². The van der Waals surface area contributed by atoms with Crippen molar-refractivity contribution in [2.75, 3.05) is 6.54 Å². The van der Waals surface area contributed by atoms with E-state index < -0.39 is 5.97 Å². The van der Waals surface area contributed by atoms with Crippen LogP contribution in [0.2, 0.25) is 0 Å². The molecule has 1 saturated carbocycles. The quantitative estimate of drug-likeness (QED) is 0.651. The molecule has 1 aromatic rings. The van der Waals surface area contributed by atoms with E-state index in [-0.39, 0.29) is 23.9 Å². The summed E-state index contributed by atoms with van der Waals surface area (Å²) in [7, 11) is 0. The first-order valence-corrected chi connectivity index (χ1v) is 6.84. The summed E-state index contributed by atoms with van der Waals surface area (Å²) in [5.41, 5.74) is 0.